The van der Waals surface area contributed by atoms with E-state index in [4.69, 9.17) is 0 Å². The highest BCUT2D eigenvalue weighted by Crippen LogP contribution is 2.34. The van der Waals surface area contributed by atoms with Gasteiger partial charge in [0, 0.05) is 24.4 Å². The molecule has 0 bridgehead atoms. The van der Waals surface area contributed by atoms with Crippen molar-refractivity contribution >= 4 is 11.8 Å². The number of hydrogen-bond acceptors (Lipinski definition) is 2. The first-order chi connectivity index (χ1) is 9.11. The van der Waals surface area contributed by atoms with Gasteiger partial charge in [-0.05, 0) is 18.3 Å². The summed E-state index contributed by atoms with van der Waals surface area (Å²) >= 11 is 0. The van der Waals surface area contributed by atoms with E-state index in [2.05, 4.69) is 38.3 Å². The predicted molar refractivity (Wildman–Crippen MR) is 83.3 cm³/mol. The van der Waals surface area contributed by atoms with Gasteiger partial charge in [0.1, 0.15) is 0 Å². The number of carbonyl (C=O) groups is 2. The molecule has 4 heteroatoms. The van der Waals surface area contributed by atoms with Crippen molar-refractivity contribution in [2.45, 2.75) is 54.9 Å². The maximum atomic E-state index is 12.4. The van der Waals surface area contributed by atoms with Gasteiger partial charge in [-0.25, -0.2) is 0 Å². The zero-order valence-electron chi connectivity index (χ0n) is 14.2. The Bertz CT molecular complexity index is 324. The third-order valence-electron chi connectivity index (χ3n) is 3.86. The Hall–Kier alpha value is -1.06. The summed E-state index contributed by atoms with van der Waals surface area (Å²) in [6.45, 7) is 15.1. The summed E-state index contributed by atoms with van der Waals surface area (Å²) in [5.74, 6) is 0.851. The van der Waals surface area contributed by atoms with E-state index < -0.39 is 0 Å². The molecule has 2 N–H and O–H groups in total. The van der Waals surface area contributed by atoms with Gasteiger partial charge in [0.05, 0.1) is 0 Å². The van der Waals surface area contributed by atoms with E-state index in [1.807, 2.05) is 20.8 Å². The summed E-state index contributed by atoms with van der Waals surface area (Å²) in [5.41, 5.74) is -0.351. The largest absolute Gasteiger partial charge is 0.354 e. The minimum atomic E-state index is -0.351. The summed E-state index contributed by atoms with van der Waals surface area (Å²) in [6, 6.07) is 0. The first-order valence-electron chi connectivity index (χ1n) is 7.67. The van der Waals surface area contributed by atoms with Gasteiger partial charge in [-0.3, -0.25) is 9.59 Å². The van der Waals surface area contributed by atoms with E-state index in [0.717, 1.165) is 6.42 Å². The zero-order chi connectivity index (χ0) is 15.9. The van der Waals surface area contributed by atoms with Crippen LogP contribution in [0.15, 0.2) is 0 Å². The lowest BCUT2D eigenvalue weighted by atomic mass is 9.72. The quantitative estimate of drug-likeness (QED) is 0.673. The van der Waals surface area contributed by atoms with Gasteiger partial charge in [0.2, 0.25) is 11.8 Å². The van der Waals surface area contributed by atoms with Crippen LogP contribution in [0.25, 0.3) is 0 Å². The molecule has 0 saturated carbocycles. The molecular weight excluding hydrogens is 252 g/mol. The minimum Gasteiger partial charge on any atom is -0.354 e. The van der Waals surface area contributed by atoms with Gasteiger partial charge in [0.25, 0.3) is 0 Å². The Morgan fingerprint density at radius 2 is 1.45 bits per heavy atom. The van der Waals surface area contributed by atoms with Gasteiger partial charge < -0.3 is 10.6 Å². The summed E-state index contributed by atoms with van der Waals surface area (Å²) in [4.78, 5) is 23.8. The van der Waals surface area contributed by atoms with Gasteiger partial charge in [0.15, 0.2) is 0 Å². The van der Waals surface area contributed by atoms with Crippen LogP contribution in [0.1, 0.15) is 54.9 Å². The van der Waals surface area contributed by atoms with Crippen molar-refractivity contribution < 1.29 is 9.59 Å². The lowest BCUT2D eigenvalue weighted by Crippen LogP contribution is -2.45. The maximum absolute atomic E-state index is 12.4. The average molecular weight is 284 g/mol. The minimum absolute atomic E-state index is 0.0208. The molecule has 20 heavy (non-hydrogen) atoms. The highest BCUT2D eigenvalue weighted by Gasteiger charge is 2.36. The van der Waals surface area contributed by atoms with Crippen molar-refractivity contribution in [3.05, 3.63) is 0 Å². The van der Waals surface area contributed by atoms with Crippen LogP contribution in [0.5, 0.6) is 0 Å². The van der Waals surface area contributed by atoms with Crippen LogP contribution in [0.2, 0.25) is 0 Å². The molecule has 1 unspecified atom stereocenters. The van der Waals surface area contributed by atoms with E-state index in [-0.39, 0.29) is 29.1 Å². The number of carbonyl (C=O) groups excluding carboxylic acids is 2. The lowest BCUT2D eigenvalue weighted by molar-refractivity contribution is -0.134. The average Bonchev–Trinajstić information content (AvgIpc) is 2.32. The fraction of sp³-hybridized carbons (Fsp3) is 0.875. The standard InChI is InChI=1S/C16H32N2O2/c1-11(2)10-16(7,13(5)6)15(20)18-9-8-17-14(19)12(3)4/h11-13H,8-10H2,1-7H3,(H,17,19)(H,18,20). The molecule has 0 fully saturated rings. The SMILES string of the molecule is CC(C)CC(C)(C(=O)NCCNC(=O)C(C)C)C(C)C. The number of nitrogens with one attached hydrogen (secondary N) is 2. The fourth-order valence-corrected chi connectivity index (χ4v) is 2.21. The highest BCUT2D eigenvalue weighted by atomic mass is 16.2. The molecule has 0 aliphatic heterocycles. The normalized spacial score (nSPS) is 14.5. The van der Waals surface area contributed by atoms with Gasteiger partial charge in [-0.1, -0.05) is 48.5 Å². The third kappa shape index (κ3) is 5.93. The molecule has 118 valence electrons. The lowest BCUT2D eigenvalue weighted by Gasteiger charge is -2.34. The molecule has 0 aromatic heterocycles. The summed E-state index contributed by atoms with van der Waals surface area (Å²) in [7, 11) is 0. The molecule has 0 heterocycles. The zero-order valence-corrected chi connectivity index (χ0v) is 14.2. The molecule has 0 aliphatic carbocycles. The van der Waals surface area contributed by atoms with Crippen LogP contribution < -0.4 is 10.6 Å². The highest BCUT2D eigenvalue weighted by molar-refractivity contribution is 5.82. The van der Waals surface area contributed by atoms with E-state index in [1.54, 1.807) is 0 Å². The second kappa shape index (κ2) is 8.28. The smallest absolute Gasteiger partial charge is 0.226 e. The molecule has 2 amide bonds. The molecular formula is C16H32N2O2. The molecule has 0 rings (SSSR count). The topological polar surface area (TPSA) is 58.2 Å². The van der Waals surface area contributed by atoms with Crippen LogP contribution in [-0.2, 0) is 9.59 Å². The second-order valence-electron chi connectivity index (χ2n) is 6.87. The van der Waals surface area contributed by atoms with Crippen molar-refractivity contribution in [2.24, 2.45) is 23.2 Å². The molecule has 1 atom stereocenters. The Kier molecular flexibility index (Phi) is 7.84. The number of hydrogen-bond donors (Lipinski definition) is 2. The Morgan fingerprint density at radius 1 is 0.950 bits per heavy atom. The van der Waals surface area contributed by atoms with Crippen LogP contribution in [0.4, 0.5) is 0 Å². The summed E-state index contributed by atoms with van der Waals surface area (Å²) < 4.78 is 0. The molecule has 0 radical (unpaired) electrons. The molecule has 4 nitrogen and oxygen atoms in total. The van der Waals surface area contributed by atoms with Crippen LogP contribution in [-0.4, -0.2) is 24.9 Å². The van der Waals surface area contributed by atoms with E-state index in [0.29, 0.717) is 19.0 Å². The fourth-order valence-electron chi connectivity index (χ4n) is 2.21. The molecule has 0 aliphatic rings. The van der Waals surface area contributed by atoms with Crippen molar-refractivity contribution in [1.82, 2.24) is 10.6 Å². The predicted octanol–water partition coefficient (Wildman–Crippen LogP) is 2.58. The number of rotatable bonds is 8. The van der Waals surface area contributed by atoms with Crippen molar-refractivity contribution in [1.29, 1.82) is 0 Å². The van der Waals surface area contributed by atoms with Crippen LogP contribution in [0, 0.1) is 23.2 Å². The van der Waals surface area contributed by atoms with Crippen molar-refractivity contribution in [3.63, 3.8) is 0 Å². The Labute approximate surface area is 124 Å². The Balaban J connectivity index is 4.32. The third-order valence-corrected chi connectivity index (χ3v) is 3.86. The van der Waals surface area contributed by atoms with Gasteiger partial charge in [-0.2, -0.15) is 0 Å². The molecule has 0 aromatic rings. The number of amides is 2. The van der Waals surface area contributed by atoms with Gasteiger partial charge >= 0.3 is 0 Å². The maximum Gasteiger partial charge on any atom is 0.226 e. The monoisotopic (exact) mass is 284 g/mol. The first kappa shape index (κ1) is 18.9. The second-order valence-corrected chi connectivity index (χ2v) is 6.87. The van der Waals surface area contributed by atoms with Crippen LogP contribution in [0.3, 0.4) is 0 Å². The van der Waals surface area contributed by atoms with E-state index in [1.165, 1.54) is 0 Å². The van der Waals surface area contributed by atoms with Crippen LogP contribution >= 0.6 is 0 Å². The molecule has 0 spiro atoms. The molecule has 0 saturated heterocycles. The van der Waals surface area contributed by atoms with Crippen molar-refractivity contribution in [2.75, 3.05) is 13.1 Å². The molecule has 0 aromatic carbocycles. The van der Waals surface area contributed by atoms with E-state index in [9.17, 15) is 9.59 Å². The Morgan fingerprint density at radius 3 is 1.85 bits per heavy atom. The summed E-state index contributed by atoms with van der Waals surface area (Å²) in [6.07, 6.45) is 0.870. The summed E-state index contributed by atoms with van der Waals surface area (Å²) in [5, 5.41) is 5.76. The van der Waals surface area contributed by atoms with Crippen molar-refractivity contribution in [3.8, 4) is 0 Å². The van der Waals surface area contributed by atoms with E-state index >= 15 is 0 Å². The van der Waals surface area contributed by atoms with Gasteiger partial charge in [-0.15, -0.1) is 0 Å². The first-order valence-corrected chi connectivity index (χ1v) is 7.67.